The van der Waals surface area contributed by atoms with Crippen molar-refractivity contribution in [1.82, 2.24) is 24.8 Å². The number of nitrogens with zero attached hydrogens (tertiary/aromatic N) is 4. The molecule has 1 atom stereocenters. The Kier molecular flexibility index (Phi) is 5.20. The smallest absolute Gasteiger partial charge is 0.313 e. The minimum Gasteiger partial charge on any atom is -0.335 e. The topological polar surface area (TPSA) is 126 Å². The lowest BCUT2D eigenvalue weighted by Gasteiger charge is -2.19. The Bertz CT molecular complexity index is 1180. The average molecular weight is 420 g/mol. The molecule has 0 unspecified atom stereocenters. The van der Waals surface area contributed by atoms with Crippen molar-refractivity contribution in [3.8, 4) is 5.82 Å². The number of aromatic nitrogens is 3. The third kappa shape index (κ3) is 3.87. The summed E-state index contributed by atoms with van der Waals surface area (Å²) in [6.07, 6.45) is 2.91. The molecule has 10 nitrogen and oxygen atoms in total. The van der Waals surface area contributed by atoms with Crippen LogP contribution in [0.3, 0.4) is 0 Å². The van der Waals surface area contributed by atoms with Crippen molar-refractivity contribution >= 4 is 40.3 Å². The van der Waals surface area contributed by atoms with Gasteiger partial charge in [0.15, 0.2) is 0 Å². The van der Waals surface area contributed by atoms with Crippen LogP contribution in [0.15, 0.2) is 48.9 Å². The summed E-state index contributed by atoms with van der Waals surface area (Å²) in [5, 5.41) is 4.76. The monoisotopic (exact) mass is 420 g/mol. The van der Waals surface area contributed by atoms with E-state index in [0.29, 0.717) is 11.5 Å². The van der Waals surface area contributed by atoms with E-state index in [1.807, 2.05) is 24.3 Å². The highest BCUT2D eigenvalue weighted by atomic mass is 16.2. The summed E-state index contributed by atoms with van der Waals surface area (Å²) in [6.45, 7) is 3.41. The van der Waals surface area contributed by atoms with Gasteiger partial charge in [0, 0.05) is 6.04 Å². The van der Waals surface area contributed by atoms with Crippen LogP contribution in [-0.4, -0.2) is 55.1 Å². The molecule has 0 saturated carbocycles. The van der Waals surface area contributed by atoms with Gasteiger partial charge in [0.2, 0.25) is 5.91 Å². The van der Waals surface area contributed by atoms with E-state index in [0.717, 1.165) is 15.9 Å². The molecule has 0 aliphatic carbocycles. The lowest BCUT2D eigenvalue weighted by atomic mass is 10.2. The van der Waals surface area contributed by atoms with E-state index in [1.54, 1.807) is 36.9 Å². The molecule has 4 rings (SSSR count). The molecule has 0 radical (unpaired) electrons. The van der Waals surface area contributed by atoms with Crippen LogP contribution in [-0.2, 0) is 19.2 Å². The van der Waals surface area contributed by atoms with E-state index >= 15 is 0 Å². The summed E-state index contributed by atoms with van der Waals surface area (Å²) in [5.74, 6) is -2.25. The third-order valence-electron chi connectivity index (χ3n) is 4.92. The predicted octanol–water partition coefficient (Wildman–Crippen LogP) is 1.01. The van der Waals surface area contributed by atoms with E-state index in [-0.39, 0.29) is 18.4 Å². The number of para-hydroxylation sites is 2. The second-order valence-electron chi connectivity index (χ2n) is 7.39. The third-order valence-corrected chi connectivity index (χ3v) is 4.92. The minimum atomic E-state index is -1.04. The molecule has 4 amide bonds. The van der Waals surface area contributed by atoms with Crippen LogP contribution in [0, 0.1) is 0 Å². The molecule has 1 fully saturated rings. The number of fused-ring (bicyclic) bond motifs is 1. The molecule has 158 valence electrons. The second kappa shape index (κ2) is 7.98. The van der Waals surface area contributed by atoms with Crippen LogP contribution in [0.5, 0.6) is 0 Å². The second-order valence-corrected chi connectivity index (χ2v) is 7.39. The number of amides is 4. The molecule has 1 saturated heterocycles. The molecular formula is C21H20N6O4. The fraction of sp³-hybridized carbons (Fsp3) is 0.238. The standard InChI is InChI=1S/C21H20N6O4/c1-12(2)27-18(28)9-15(21(27)31)25-20(30)19(29)24-13-7-8-17(22-10-13)26-11-23-14-5-3-4-6-16(14)26/h3-8,10-12,15H,9H2,1-2H3,(H,24,29)(H,25,30)/t15-/m1/s1. The quantitative estimate of drug-likeness (QED) is 0.479. The number of rotatable bonds is 4. The van der Waals surface area contributed by atoms with Crippen molar-refractivity contribution in [3.63, 3.8) is 0 Å². The summed E-state index contributed by atoms with van der Waals surface area (Å²) in [5.41, 5.74) is 2.03. The van der Waals surface area contributed by atoms with Crippen LogP contribution in [0.25, 0.3) is 16.9 Å². The van der Waals surface area contributed by atoms with Gasteiger partial charge >= 0.3 is 11.8 Å². The normalized spacial score (nSPS) is 16.2. The molecule has 1 aliphatic rings. The van der Waals surface area contributed by atoms with Crippen molar-refractivity contribution in [3.05, 3.63) is 48.9 Å². The van der Waals surface area contributed by atoms with E-state index in [1.165, 1.54) is 6.20 Å². The first-order valence-electron chi connectivity index (χ1n) is 9.71. The Hall–Kier alpha value is -4.08. The van der Waals surface area contributed by atoms with Gasteiger partial charge in [0.1, 0.15) is 18.2 Å². The van der Waals surface area contributed by atoms with Gasteiger partial charge in [-0.1, -0.05) is 12.1 Å². The fourth-order valence-electron chi connectivity index (χ4n) is 3.46. The van der Waals surface area contributed by atoms with Crippen LogP contribution >= 0.6 is 0 Å². The summed E-state index contributed by atoms with van der Waals surface area (Å²) in [7, 11) is 0. The maximum Gasteiger partial charge on any atom is 0.313 e. The molecule has 10 heteroatoms. The molecule has 0 spiro atoms. The number of hydrogen-bond donors (Lipinski definition) is 2. The van der Waals surface area contributed by atoms with E-state index in [4.69, 9.17) is 0 Å². The van der Waals surface area contributed by atoms with Crippen LogP contribution in [0.1, 0.15) is 20.3 Å². The first-order chi connectivity index (χ1) is 14.8. The Morgan fingerprint density at radius 1 is 1.06 bits per heavy atom. The zero-order chi connectivity index (χ0) is 22.1. The molecule has 3 aromatic rings. The molecule has 0 bridgehead atoms. The SMILES string of the molecule is CC(C)N1C(=O)C[C@@H](NC(=O)C(=O)Nc2ccc(-n3cnc4ccccc43)nc2)C1=O. The molecule has 1 aromatic carbocycles. The summed E-state index contributed by atoms with van der Waals surface area (Å²) >= 11 is 0. The lowest BCUT2D eigenvalue weighted by Crippen LogP contribution is -2.47. The number of imidazole rings is 1. The molecule has 3 heterocycles. The fourth-order valence-corrected chi connectivity index (χ4v) is 3.46. The summed E-state index contributed by atoms with van der Waals surface area (Å²) in [4.78, 5) is 58.3. The highest BCUT2D eigenvalue weighted by Crippen LogP contribution is 2.18. The Labute approximate surface area is 177 Å². The number of anilines is 1. The van der Waals surface area contributed by atoms with Gasteiger partial charge in [0.05, 0.1) is 29.3 Å². The Morgan fingerprint density at radius 2 is 1.84 bits per heavy atom. The number of carbonyl (C=O) groups excluding carboxylic acids is 4. The van der Waals surface area contributed by atoms with Gasteiger partial charge < -0.3 is 10.6 Å². The van der Waals surface area contributed by atoms with Crippen molar-refractivity contribution in [2.75, 3.05) is 5.32 Å². The Balaban J connectivity index is 1.40. The zero-order valence-electron chi connectivity index (χ0n) is 16.9. The largest absolute Gasteiger partial charge is 0.335 e. The van der Waals surface area contributed by atoms with Crippen molar-refractivity contribution in [2.45, 2.75) is 32.4 Å². The number of nitrogens with one attached hydrogen (secondary N) is 2. The number of hydrogen-bond acceptors (Lipinski definition) is 6. The van der Waals surface area contributed by atoms with Crippen LogP contribution in [0.4, 0.5) is 5.69 Å². The van der Waals surface area contributed by atoms with Gasteiger partial charge in [0.25, 0.3) is 5.91 Å². The van der Waals surface area contributed by atoms with Gasteiger partial charge in [-0.25, -0.2) is 9.97 Å². The molecule has 2 aromatic heterocycles. The minimum absolute atomic E-state index is 0.162. The number of imide groups is 1. The lowest BCUT2D eigenvalue weighted by molar-refractivity contribution is -0.142. The Morgan fingerprint density at radius 3 is 2.52 bits per heavy atom. The molecule has 1 aliphatic heterocycles. The van der Waals surface area contributed by atoms with Crippen molar-refractivity contribution in [1.29, 1.82) is 0 Å². The highest BCUT2D eigenvalue weighted by Gasteiger charge is 2.41. The van der Waals surface area contributed by atoms with E-state index in [9.17, 15) is 19.2 Å². The van der Waals surface area contributed by atoms with Gasteiger partial charge in [-0.05, 0) is 38.1 Å². The summed E-state index contributed by atoms with van der Waals surface area (Å²) < 4.78 is 1.80. The molecular weight excluding hydrogens is 400 g/mol. The number of carbonyl (C=O) groups is 4. The van der Waals surface area contributed by atoms with Crippen molar-refractivity contribution < 1.29 is 19.2 Å². The maximum absolute atomic E-state index is 12.3. The first-order valence-corrected chi connectivity index (χ1v) is 9.71. The zero-order valence-corrected chi connectivity index (χ0v) is 16.9. The molecule has 31 heavy (non-hydrogen) atoms. The van der Waals surface area contributed by atoms with E-state index < -0.39 is 23.8 Å². The highest BCUT2D eigenvalue weighted by molar-refractivity contribution is 6.40. The average Bonchev–Trinajstić information content (AvgIpc) is 3.29. The van der Waals surface area contributed by atoms with Gasteiger partial charge in [-0.2, -0.15) is 0 Å². The van der Waals surface area contributed by atoms with Gasteiger partial charge in [-0.15, -0.1) is 0 Å². The van der Waals surface area contributed by atoms with Gasteiger partial charge in [-0.3, -0.25) is 28.6 Å². The first kappa shape index (κ1) is 20.2. The van der Waals surface area contributed by atoms with Crippen molar-refractivity contribution in [2.24, 2.45) is 0 Å². The number of pyridine rings is 1. The van der Waals surface area contributed by atoms with Crippen LogP contribution in [0.2, 0.25) is 0 Å². The predicted molar refractivity (Wildman–Crippen MR) is 111 cm³/mol. The number of likely N-dealkylation sites (tertiary alicyclic amines) is 1. The number of benzene rings is 1. The van der Waals surface area contributed by atoms with Crippen LogP contribution < -0.4 is 10.6 Å². The maximum atomic E-state index is 12.3. The molecule has 2 N–H and O–H groups in total. The summed E-state index contributed by atoms with van der Waals surface area (Å²) in [6, 6.07) is 9.54. The van der Waals surface area contributed by atoms with E-state index in [2.05, 4.69) is 20.6 Å².